The highest BCUT2D eigenvalue weighted by atomic mass is 32.2. The van der Waals surface area contributed by atoms with Crippen LogP contribution in [0.2, 0.25) is 0 Å². The quantitative estimate of drug-likeness (QED) is 0.424. The van der Waals surface area contributed by atoms with Gasteiger partial charge in [-0.2, -0.15) is 0 Å². The van der Waals surface area contributed by atoms with Gasteiger partial charge in [-0.05, 0) is 43.0 Å². The lowest BCUT2D eigenvalue weighted by Crippen LogP contribution is -2.33. The van der Waals surface area contributed by atoms with Crippen LogP contribution in [0.1, 0.15) is 44.4 Å². The van der Waals surface area contributed by atoms with E-state index in [-0.39, 0.29) is 23.6 Å². The number of nitrogens with one attached hydrogen (secondary N) is 1. The first-order chi connectivity index (χ1) is 15.4. The summed E-state index contributed by atoms with van der Waals surface area (Å²) in [6.07, 6.45) is 0.962. The molecule has 0 fully saturated rings. The van der Waals surface area contributed by atoms with E-state index in [1.54, 1.807) is 7.11 Å². The van der Waals surface area contributed by atoms with Gasteiger partial charge in [0.15, 0.2) is 11.0 Å². The van der Waals surface area contributed by atoms with Crippen molar-refractivity contribution in [3.05, 3.63) is 59.7 Å². The van der Waals surface area contributed by atoms with Gasteiger partial charge in [-0.15, -0.1) is 10.2 Å². The molecule has 1 aromatic heterocycles. The van der Waals surface area contributed by atoms with Crippen molar-refractivity contribution in [2.24, 2.45) is 5.92 Å². The maximum atomic E-state index is 12.8. The third kappa shape index (κ3) is 5.91. The first kappa shape index (κ1) is 23.9. The minimum atomic E-state index is -0.0645. The monoisotopic (exact) mass is 452 g/mol. The predicted molar refractivity (Wildman–Crippen MR) is 130 cm³/mol. The first-order valence-corrected chi connectivity index (χ1v) is 12.0. The average molecular weight is 453 g/mol. The molecule has 2 aromatic carbocycles. The van der Waals surface area contributed by atoms with Crippen molar-refractivity contribution in [2.75, 3.05) is 12.9 Å². The van der Waals surface area contributed by atoms with Gasteiger partial charge in [0.1, 0.15) is 5.75 Å². The largest absolute Gasteiger partial charge is 0.497 e. The molecule has 3 aromatic rings. The zero-order valence-electron chi connectivity index (χ0n) is 19.5. The van der Waals surface area contributed by atoms with Crippen LogP contribution in [0, 0.1) is 12.8 Å². The number of benzene rings is 2. The molecule has 6 nitrogen and oxygen atoms in total. The fraction of sp³-hybridized carbons (Fsp3) is 0.400. The molecule has 1 heterocycles. The Morgan fingerprint density at radius 2 is 1.91 bits per heavy atom. The molecule has 1 amide bonds. The van der Waals surface area contributed by atoms with Crippen molar-refractivity contribution in [2.45, 2.75) is 51.9 Å². The summed E-state index contributed by atoms with van der Waals surface area (Å²) in [7, 11) is 1.65. The van der Waals surface area contributed by atoms with E-state index in [2.05, 4.69) is 59.9 Å². The van der Waals surface area contributed by atoms with E-state index in [1.807, 2.05) is 36.4 Å². The van der Waals surface area contributed by atoms with Crippen LogP contribution in [0.3, 0.4) is 0 Å². The van der Waals surface area contributed by atoms with Crippen molar-refractivity contribution >= 4 is 17.7 Å². The third-order valence-corrected chi connectivity index (χ3v) is 6.20. The van der Waals surface area contributed by atoms with Crippen LogP contribution in [0.25, 0.3) is 11.4 Å². The van der Waals surface area contributed by atoms with Crippen LogP contribution in [-0.4, -0.2) is 33.5 Å². The molecule has 3 rings (SSSR count). The lowest BCUT2D eigenvalue weighted by Gasteiger charge is -2.23. The summed E-state index contributed by atoms with van der Waals surface area (Å²) in [5, 5.41) is 12.8. The van der Waals surface area contributed by atoms with Crippen LogP contribution in [0.15, 0.2) is 53.7 Å². The van der Waals surface area contributed by atoms with E-state index in [9.17, 15) is 4.79 Å². The van der Waals surface area contributed by atoms with Gasteiger partial charge in [0.05, 0.1) is 18.9 Å². The number of aromatic nitrogens is 3. The molecule has 1 unspecified atom stereocenters. The second-order valence-electron chi connectivity index (χ2n) is 8.18. The molecule has 170 valence electrons. The minimum absolute atomic E-state index is 0.0207. The SMILES string of the molecule is CCCn1c(SCC(=O)NC(c2ccc(OC)cc2)C(C)C)nnc1-c1cccc(C)c1. The molecule has 0 saturated heterocycles. The summed E-state index contributed by atoms with van der Waals surface area (Å²) < 4.78 is 7.35. The van der Waals surface area contributed by atoms with Gasteiger partial charge in [-0.3, -0.25) is 4.79 Å². The molecular weight excluding hydrogens is 420 g/mol. The number of thioether (sulfide) groups is 1. The summed E-state index contributed by atoms with van der Waals surface area (Å²) >= 11 is 1.43. The summed E-state index contributed by atoms with van der Waals surface area (Å²) in [5.74, 6) is 2.17. The Hall–Kier alpha value is -2.80. The lowest BCUT2D eigenvalue weighted by atomic mass is 9.96. The molecule has 7 heteroatoms. The zero-order valence-corrected chi connectivity index (χ0v) is 20.3. The number of methoxy groups -OCH3 is 1. The van der Waals surface area contributed by atoms with Crippen molar-refractivity contribution in [3.63, 3.8) is 0 Å². The lowest BCUT2D eigenvalue weighted by molar-refractivity contribution is -0.119. The molecule has 32 heavy (non-hydrogen) atoms. The Kier molecular flexibility index (Phi) is 8.33. The normalized spacial score (nSPS) is 12.1. The van der Waals surface area contributed by atoms with E-state index >= 15 is 0 Å². The van der Waals surface area contributed by atoms with E-state index < -0.39 is 0 Å². The van der Waals surface area contributed by atoms with Crippen molar-refractivity contribution in [1.82, 2.24) is 20.1 Å². The third-order valence-electron chi connectivity index (χ3n) is 5.23. The topological polar surface area (TPSA) is 69.0 Å². The number of hydrogen-bond acceptors (Lipinski definition) is 5. The Labute approximate surface area is 194 Å². The zero-order chi connectivity index (χ0) is 23.1. The highest BCUT2D eigenvalue weighted by molar-refractivity contribution is 7.99. The average Bonchev–Trinajstić information content (AvgIpc) is 3.19. The Morgan fingerprint density at radius 1 is 1.16 bits per heavy atom. The second-order valence-corrected chi connectivity index (χ2v) is 9.12. The first-order valence-electron chi connectivity index (χ1n) is 11.0. The number of ether oxygens (including phenoxy) is 1. The number of hydrogen-bond donors (Lipinski definition) is 1. The summed E-state index contributed by atoms with van der Waals surface area (Å²) in [6, 6.07) is 16.0. The van der Waals surface area contributed by atoms with Gasteiger partial charge < -0.3 is 14.6 Å². The van der Waals surface area contributed by atoms with Gasteiger partial charge >= 0.3 is 0 Å². The van der Waals surface area contributed by atoms with E-state index in [1.165, 1.54) is 17.3 Å². The standard InChI is InChI=1S/C25H32N4O2S/c1-6-14-29-24(20-9-7-8-18(4)15-20)27-28-25(29)32-16-22(30)26-23(17(2)3)19-10-12-21(31-5)13-11-19/h7-13,15,17,23H,6,14,16H2,1-5H3,(H,26,30). The van der Waals surface area contributed by atoms with Crippen molar-refractivity contribution < 1.29 is 9.53 Å². The fourth-order valence-corrected chi connectivity index (χ4v) is 4.39. The Morgan fingerprint density at radius 3 is 2.53 bits per heavy atom. The number of carbonyl (C=O) groups is 1. The smallest absolute Gasteiger partial charge is 0.230 e. The van der Waals surface area contributed by atoms with Crippen LogP contribution >= 0.6 is 11.8 Å². The number of carbonyl (C=O) groups excluding carboxylic acids is 1. The molecule has 1 N–H and O–H groups in total. The van der Waals surface area contributed by atoms with Gasteiger partial charge in [0.25, 0.3) is 0 Å². The maximum absolute atomic E-state index is 12.8. The van der Waals surface area contributed by atoms with Gasteiger partial charge in [-0.1, -0.05) is 68.4 Å². The molecular formula is C25H32N4O2S. The molecule has 0 radical (unpaired) electrons. The summed E-state index contributed by atoms with van der Waals surface area (Å²) in [4.78, 5) is 12.8. The van der Waals surface area contributed by atoms with E-state index in [0.717, 1.165) is 40.8 Å². The number of nitrogens with zero attached hydrogens (tertiary/aromatic N) is 3. The minimum Gasteiger partial charge on any atom is -0.497 e. The number of rotatable bonds is 10. The van der Waals surface area contributed by atoms with Crippen LogP contribution in [0.5, 0.6) is 5.75 Å². The van der Waals surface area contributed by atoms with E-state index in [4.69, 9.17) is 4.74 Å². The van der Waals surface area contributed by atoms with Gasteiger partial charge in [-0.25, -0.2) is 0 Å². The van der Waals surface area contributed by atoms with Gasteiger partial charge in [0, 0.05) is 12.1 Å². The molecule has 0 bridgehead atoms. The second kappa shape index (κ2) is 11.2. The number of aryl methyl sites for hydroxylation is 1. The Balaban J connectivity index is 1.70. The fourth-order valence-electron chi connectivity index (χ4n) is 3.61. The Bertz CT molecular complexity index is 1030. The van der Waals surface area contributed by atoms with Gasteiger partial charge in [0.2, 0.25) is 5.91 Å². The molecule has 0 aliphatic heterocycles. The highest BCUT2D eigenvalue weighted by Gasteiger charge is 2.20. The van der Waals surface area contributed by atoms with Crippen molar-refractivity contribution in [3.8, 4) is 17.1 Å². The summed E-state index contributed by atoms with van der Waals surface area (Å²) in [5.41, 5.74) is 3.29. The van der Waals surface area contributed by atoms with Crippen LogP contribution in [0.4, 0.5) is 0 Å². The van der Waals surface area contributed by atoms with Crippen LogP contribution in [-0.2, 0) is 11.3 Å². The molecule has 0 aliphatic rings. The molecule has 1 atom stereocenters. The van der Waals surface area contributed by atoms with Crippen molar-refractivity contribution in [1.29, 1.82) is 0 Å². The predicted octanol–water partition coefficient (Wildman–Crippen LogP) is 5.28. The van der Waals surface area contributed by atoms with Crippen LogP contribution < -0.4 is 10.1 Å². The number of amides is 1. The molecule has 0 saturated carbocycles. The summed E-state index contributed by atoms with van der Waals surface area (Å²) in [6.45, 7) is 9.21. The highest BCUT2D eigenvalue weighted by Crippen LogP contribution is 2.27. The molecule has 0 aliphatic carbocycles. The maximum Gasteiger partial charge on any atom is 0.230 e. The molecule has 0 spiro atoms. The van der Waals surface area contributed by atoms with E-state index in [0.29, 0.717) is 0 Å².